The van der Waals surface area contributed by atoms with Gasteiger partial charge in [0.15, 0.2) is 0 Å². The first kappa shape index (κ1) is 23.4. The second-order valence-electron chi connectivity index (χ2n) is 9.04. The molecule has 2 aromatic heterocycles. The Kier molecular flexibility index (Phi) is 7.30. The lowest BCUT2D eigenvalue weighted by Crippen LogP contribution is -2.37. The molecule has 8 nitrogen and oxygen atoms in total. The number of aliphatic hydroxyl groups is 1. The van der Waals surface area contributed by atoms with Crippen molar-refractivity contribution in [2.45, 2.75) is 31.6 Å². The van der Waals surface area contributed by atoms with Gasteiger partial charge in [-0.15, -0.1) is 0 Å². The number of nitrogens with one attached hydrogen (secondary N) is 1. The van der Waals surface area contributed by atoms with Crippen LogP contribution in [0.5, 0.6) is 0 Å². The molecule has 1 aliphatic heterocycles. The summed E-state index contributed by atoms with van der Waals surface area (Å²) in [5.74, 6) is 0.912. The molecule has 1 amide bonds. The van der Waals surface area contributed by atoms with Gasteiger partial charge in [0.2, 0.25) is 5.95 Å². The van der Waals surface area contributed by atoms with Crippen molar-refractivity contribution in [3.8, 4) is 11.3 Å². The minimum atomic E-state index is -0.144. The van der Waals surface area contributed by atoms with Crippen molar-refractivity contribution in [2.24, 2.45) is 0 Å². The van der Waals surface area contributed by atoms with E-state index in [4.69, 9.17) is 19.8 Å². The lowest BCUT2D eigenvalue weighted by Gasteiger charge is -2.28. The summed E-state index contributed by atoms with van der Waals surface area (Å²) in [6, 6.07) is 11.8. The molecule has 0 radical (unpaired) electrons. The fourth-order valence-corrected chi connectivity index (χ4v) is 4.86. The van der Waals surface area contributed by atoms with Gasteiger partial charge in [-0.25, -0.2) is 9.97 Å². The number of anilines is 1. The summed E-state index contributed by atoms with van der Waals surface area (Å²) in [4.78, 5) is 29.1. The molecular formula is C27H31N5O3. The van der Waals surface area contributed by atoms with Crippen LogP contribution in [0.3, 0.4) is 0 Å². The van der Waals surface area contributed by atoms with E-state index < -0.39 is 0 Å². The fourth-order valence-electron chi connectivity index (χ4n) is 4.86. The number of carbonyl (C=O) groups excluding carboxylic acids is 1. The van der Waals surface area contributed by atoms with Gasteiger partial charge in [-0.05, 0) is 55.5 Å². The SMILES string of the molecule is O=C(NCCCO)c1cccc(-c2nc(N3CCOCC3)nc3c2CCC3Cc2ccncc2)c1. The molecule has 3 aromatic rings. The third kappa shape index (κ3) is 5.33. The van der Waals surface area contributed by atoms with Crippen molar-refractivity contribution in [2.75, 3.05) is 44.4 Å². The number of aliphatic hydroxyl groups excluding tert-OH is 1. The Morgan fingerprint density at radius 1 is 1.14 bits per heavy atom. The van der Waals surface area contributed by atoms with Crippen LogP contribution in [0.4, 0.5) is 5.95 Å². The van der Waals surface area contributed by atoms with Gasteiger partial charge in [-0.1, -0.05) is 12.1 Å². The first-order valence-corrected chi connectivity index (χ1v) is 12.3. The van der Waals surface area contributed by atoms with Crippen LogP contribution in [0.25, 0.3) is 11.3 Å². The highest BCUT2D eigenvalue weighted by molar-refractivity contribution is 5.95. The molecule has 1 aromatic carbocycles. The number of morpholine rings is 1. The van der Waals surface area contributed by atoms with E-state index in [1.165, 1.54) is 11.1 Å². The predicted octanol–water partition coefficient (Wildman–Crippen LogP) is 2.76. The van der Waals surface area contributed by atoms with Crippen molar-refractivity contribution in [3.63, 3.8) is 0 Å². The molecule has 5 rings (SSSR count). The molecule has 1 saturated heterocycles. The number of hydrogen-bond acceptors (Lipinski definition) is 7. The monoisotopic (exact) mass is 473 g/mol. The Labute approximate surface area is 205 Å². The molecule has 8 heteroatoms. The minimum absolute atomic E-state index is 0.0539. The highest BCUT2D eigenvalue weighted by Gasteiger charge is 2.30. The van der Waals surface area contributed by atoms with Gasteiger partial charge in [0, 0.05) is 61.2 Å². The van der Waals surface area contributed by atoms with Gasteiger partial charge in [-0.2, -0.15) is 0 Å². The van der Waals surface area contributed by atoms with Crippen LogP contribution in [0.1, 0.15) is 45.9 Å². The van der Waals surface area contributed by atoms with Crippen LogP contribution in [0.2, 0.25) is 0 Å². The minimum Gasteiger partial charge on any atom is -0.396 e. The van der Waals surface area contributed by atoms with E-state index in [1.807, 2.05) is 36.7 Å². The van der Waals surface area contributed by atoms with E-state index in [2.05, 4.69) is 27.3 Å². The zero-order chi connectivity index (χ0) is 24.0. The van der Waals surface area contributed by atoms with E-state index in [-0.39, 0.29) is 12.5 Å². The Bertz CT molecular complexity index is 1160. The predicted molar refractivity (Wildman–Crippen MR) is 134 cm³/mol. The molecule has 2 N–H and O–H groups in total. The number of hydrogen-bond donors (Lipinski definition) is 2. The first-order valence-electron chi connectivity index (χ1n) is 12.3. The normalized spacial score (nSPS) is 17.3. The summed E-state index contributed by atoms with van der Waals surface area (Å²) >= 11 is 0. The summed E-state index contributed by atoms with van der Waals surface area (Å²) < 4.78 is 5.55. The largest absolute Gasteiger partial charge is 0.396 e. The van der Waals surface area contributed by atoms with Crippen molar-refractivity contribution >= 4 is 11.9 Å². The van der Waals surface area contributed by atoms with Crippen LogP contribution in [-0.2, 0) is 17.6 Å². The van der Waals surface area contributed by atoms with Crippen LogP contribution < -0.4 is 10.2 Å². The van der Waals surface area contributed by atoms with Crippen LogP contribution >= 0.6 is 0 Å². The average molecular weight is 474 g/mol. The number of rotatable bonds is 8. The summed E-state index contributed by atoms with van der Waals surface area (Å²) in [5, 5.41) is 11.9. The van der Waals surface area contributed by atoms with Crippen LogP contribution in [0, 0.1) is 0 Å². The number of fused-ring (bicyclic) bond motifs is 1. The zero-order valence-electron chi connectivity index (χ0n) is 19.8. The van der Waals surface area contributed by atoms with Gasteiger partial charge in [0.05, 0.1) is 24.6 Å². The van der Waals surface area contributed by atoms with E-state index in [1.54, 1.807) is 0 Å². The Hall–Kier alpha value is -3.36. The van der Waals surface area contributed by atoms with Gasteiger partial charge >= 0.3 is 0 Å². The van der Waals surface area contributed by atoms with E-state index in [9.17, 15) is 4.79 Å². The third-order valence-electron chi connectivity index (χ3n) is 6.70. The number of amides is 1. The maximum atomic E-state index is 12.7. The molecule has 3 heterocycles. The fraction of sp³-hybridized carbons (Fsp3) is 0.407. The highest BCUT2D eigenvalue weighted by atomic mass is 16.5. The zero-order valence-corrected chi connectivity index (χ0v) is 19.8. The van der Waals surface area contributed by atoms with Crippen molar-refractivity contribution in [1.82, 2.24) is 20.3 Å². The van der Waals surface area contributed by atoms with Crippen molar-refractivity contribution in [1.29, 1.82) is 0 Å². The highest BCUT2D eigenvalue weighted by Crippen LogP contribution is 2.40. The summed E-state index contributed by atoms with van der Waals surface area (Å²) in [5.41, 5.74) is 5.99. The molecule has 0 spiro atoms. The molecule has 0 saturated carbocycles. The van der Waals surface area contributed by atoms with Gasteiger partial charge < -0.3 is 20.1 Å². The maximum absolute atomic E-state index is 12.7. The average Bonchev–Trinajstić information content (AvgIpc) is 3.32. The summed E-state index contributed by atoms with van der Waals surface area (Å²) in [6.07, 6.45) is 7.07. The second-order valence-corrected chi connectivity index (χ2v) is 9.04. The molecule has 1 atom stereocenters. The lowest BCUT2D eigenvalue weighted by atomic mass is 9.97. The summed E-state index contributed by atoms with van der Waals surface area (Å²) in [6.45, 7) is 3.36. The van der Waals surface area contributed by atoms with E-state index in [0.29, 0.717) is 37.7 Å². The molecule has 1 unspecified atom stereocenters. The van der Waals surface area contributed by atoms with E-state index >= 15 is 0 Å². The summed E-state index contributed by atoms with van der Waals surface area (Å²) in [7, 11) is 0. The number of benzene rings is 1. The molecule has 182 valence electrons. The Balaban J connectivity index is 1.51. The first-order chi connectivity index (χ1) is 17.2. The number of pyridine rings is 1. The number of aromatic nitrogens is 3. The van der Waals surface area contributed by atoms with Crippen LogP contribution in [-0.4, -0.2) is 65.4 Å². The number of nitrogens with zero attached hydrogens (tertiary/aromatic N) is 4. The molecule has 35 heavy (non-hydrogen) atoms. The van der Waals surface area contributed by atoms with Gasteiger partial charge in [-0.3, -0.25) is 9.78 Å². The lowest BCUT2D eigenvalue weighted by molar-refractivity contribution is 0.0951. The smallest absolute Gasteiger partial charge is 0.251 e. The van der Waals surface area contributed by atoms with Crippen LogP contribution in [0.15, 0.2) is 48.8 Å². The molecule has 2 aliphatic rings. The quantitative estimate of drug-likeness (QED) is 0.485. The topological polar surface area (TPSA) is 100 Å². The maximum Gasteiger partial charge on any atom is 0.251 e. The van der Waals surface area contributed by atoms with Crippen molar-refractivity contribution in [3.05, 3.63) is 71.2 Å². The van der Waals surface area contributed by atoms with Gasteiger partial charge in [0.1, 0.15) is 0 Å². The molecule has 0 bridgehead atoms. The standard InChI is InChI=1S/C27H31N5O3/c33-14-2-9-29-26(34)22-4-1-3-20(18-22)24-23-6-5-21(17-19-7-10-28-11-8-19)25(23)31-27(30-24)32-12-15-35-16-13-32/h1,3-4,7-8,10-11,18,21,33H,2,5-6,9,12-17H2,(H,29,34). The molecule has 1 fully saturated rings. The molecule has 1 aliphatic carbocycles. The van der Waals surface area contributed by atoms with Crippen molar-refractivity contribution < 1.29 is 14.6 Å². The van der Waals surface area contributed by atoms with E-state index in [0.717, 1.165) is 55.3 Å². The Morgan fingerprint density at radius 2 is 1.97 bits per heavy atom. The Morgan fingerprint density at radius 3 is 2.77 bits per heavy atom. The second kappa shape index (κ2) is 10.9. The number of ether oxygens (including phenoxy) is 1. The van der Waals surface area contributed by atoms with Gasteiger partial charge in [0.25, 0.3) is 5.91 Å². The number of carbonyl (C=O) groups is 1. The molecular weight excluding hydrogens is 442 g/mol. The third-order valence-corrected chi connectivity index (χ3v) is 6.70.